The van der Waals surface area contributed by atoms with Crippen LogP contribution in [0.5, 0.6) is 0 Å². The highest BCUT2D eigenvalue weighted by molar-refractivity contribution is 6.07. The Balaban J connectivity index is 1.08. The number of hydrogen-bond donors (Lipinski definition) is 0. The van der Waals surface area contributed by atoms with E-state index in [0.717, 1.165) is 44.6 Å². The summed E-state index contributed by atoms with van der Waals surface area (Å²) in [4.78, 5) is 10.6. The predicted molar refractivity (Wildman–Crippen MR) is 273 cm³/mol. The Kier molecular flexibility index (Phi) is 9.21. The average molecular weight is 829 g/mol. The molecule has 65 heavy (non-hydrogen) atoms. The van der Waals surface area contributed by atoms with E-state index in [2.05, 4.69) is 238 Å². The number of fused-ring (bicyclic) bond motifs is 5. The summed E-state index contributed by atoms with van der Waals surface area (Å²) in [5, 5.41) is 4.78. The monoisotopic (exact) mass is 828 g/mol. The van der Waals surface area contributed by atoms with Crippen molar-refractivity contribution in [3.8, 4) is 89.5 Å². The SMILES string of the molecule is CC1(C)c2ccccc2-c2c(-c3cc(-c4cccc5ccccc45)cc(-c4ccc(-c5cc(-c6ccccc6-c6ccccc6)nc(-c6ccccc6)n5)c5ccccc45)c3)cccc21. The highest BCUT2D eigenvalue weighted by Gasteiger charge is 2.36. The molecule has 0 saturated carbocycles. The zero-order chi connectivity index (χ0) is 43.5. The second-order valence-electron chi connectivity index (χ2n) is 17.7. The van der Waals surface area contributed by atoms with Gasteiger partial charge < -0.3 is 0 Å². The van der Waals surface area contributed by atoms with Crippen molar-refractivity contribution in [2.45, 2.75) is 19.3 Å². The molecule has 0 atom stereocenters. The predicted octanol–water partition coefficient (Wildman–Crippen LogP) is 16.8. The van der Waals surface area contributed by atoms with Crippen LogP contribution in [0, 0.1) is 0 Å². The van der Waals surface area contributed by atoms with Crippen LogP contribution in [0.25, 0.3) is 111 Å². The van der Waals surface area contributed by atoms with Crippen molar-refractivity contribution in [1.82, 2.24) is 9.97 Å². The van der Waals surface area contributed by atoms with Crippen LogP contribution in [0.2, 0.25) is 0 Å². The molecule has 12 rings (SSSR count). The first-order valence-corrected chi connectivity index (χ1v) is 22.5. The van der Waals surface area contributed by atoms with E-state index in [1.165, 1.54) is 71.8 Å². The van der Waals surface area contributed by atoms with Crippen molar-refractivity contribution in [2.24, 2.45) is 0 Å². The topological polar surface area (TPSA) is 25.8 Å². The molecule has 0 spiro atoms. The number of hydrogen-bond acceptors (Lipinski definition) is 2. The maximum atomic E-state index is 5.34. The Labute approximate surface area is 380 Å². The molecule has 0 amide bonds. The molecule has 1 heterocycles. The molecule has 0 saturated heterocycles. The standard InChI is InChI=1S/C63H44N2/c1-63(2)57-33-16-15-30-56(57)61-51(32-18-34-58(61)63)46-38-44(49-31-17-24-42-21-9-10-25-47(42)49)37-45(39-46)50-35-36-55(53-28-13-12-27-52(50)53)60-40-59(64-62(65-60)43-22-7-4-8-23-43)54-29-14-11-26-48(54)41-19-5-3-6-20-41/h3-40H,1-2H3. The minimum absolute atomic E-state index is 0.102. The van der Waals surface area contributed by atoms with Gasteiger partial charge in [0.25, 0.3) is 0 Å². The van der Waals surface area contributed by atoms with Crippen molar-refractivity contribution < 1.29 is 0 Å². The Bertz CT molecular complexity index is 3620. The van der Waals surface area contributed by atoms with E-state index in [1.807, 2.05) is 6.07 Å². The third-order valence-corrected chi connectivity index (χ3v) is 13.5. The smallest absolute Gasteiger partial charge is 0.160 e. The Morgan fingerprint density at radius 3 is 1.49 bits per heavy atom. The fourth-order valence-corrected chi connectivity index (χ4v) is 10.4. The van der Waals surface area contributed by atoms with Crippen LogP contribution in [-0.2, 0) is 5.41 Å². The maximum Gasteiger partial charge on any atom is 0.160 e. The molecular weight excluding hydrogens is 785 g/mol. The number of aromatic nitrogens is 2. The summed E-state index contributed by atoms with van der Waals surface area (Å²) in [5.74, 6) is 0.696. The van der Waals surface area contributed by atoms with Gasteiger partial charge in [-0.05, 0) is 113 Å². The van der Waals surface area contributed by atoms with Crippen molar-refractivity contribution >= 4 is 21.5 Å². The van der Waals surface area contributed by atoms with E-state index in [0.29, 0.717) is 5.82 Å². The maximum absolute atomic E-state index is 5.34. The molecule has 1 aromatic heterocycles. The zero-order valence-electron chi connectivity index (χ0n) is 36.3. The van der Waals surface area contributed by atoms with Crippen molar-refractivity contribution in [3.63, 3.8) is 0 Å². The zero-order valence-corrected chi connectivity index (χ0v) is 36.3. The van der Waals surface area contributed by atoms with E-state index < -0.39 is 0 Å². The van der Waals surface area contributed by atoms with Gasteiger partial charge in [0.2, 0.25) is 0 Å². The highest BCUT2D eigenvalue weighted by Crippen LogP contribution is 2.53. The summed E-state index contributed by atoms with van der Waals surface area (Å²) < 4.78 is 0. The van der Waals surface area contributed by atoms with Crippen LogP contribution in [0.4, 0.5) is 0 Å². The van der Waals surface area contributed by atoms with Crippen LogP contribution in [0.3, 0.4) is 0 Å². The summed E-state index contributed by atoms with van der Waals surface area (Å²) in [6.45, 7) is 4.72. The van der Waals surface area contributed by atoms with Crippen LogP contribution in [0.1, 0.15) is 25.0 Å². The summed E-state index contributed by atoms with van der Waals surface area (Å²) in [6.07, 6.45) is 0. The number of rotatable bonds is 7. The van der Waals surface area contributed by atoms with Crippen LogP contribution >= 0.6 is 0 Å². The second-order valence-corrected chi connectivity index (χ2v) is 17.7. The molecule has 0 fully saturated rings. The van der Waals surface area contributed by atoms with Crippen LogP contribution < -0.4 is 0 Å². The van der Waals surface area contributed by atoms with Crippen molar-refractivity contribution in [2.75, 3.05) is 0 Å². The van der Waals surface area contributed by atoms with Crippen molar-refractivity contribution in [1.29, 1.82) is 0 Å². The fraction of sp³-hybridized carbons (Fsp3) is 0.0476. The minimum Gasteiger partial charge on any atom is -0.228 e. The van der Waals surface area contributed by atoms with Gasteiger partial charge in [0, 0.05) is 22.1 Å². The molecule has 10 aromatic carbocycles. The lowest BCUT2D eigenvalue weighted by Crippen LogP contribution is -2.14. The van der Waals surface area contributed by atoms with Gasteiger partial charge in [-0.15, -0.1) is 0 Å². The number of benzene rings is 10. The molecule has 2 heteroatoms. The molecule has 1 aliphatic rings. The lowest BCUT2D eigenvalue weighted by molar-refractivity contribution is 0.660. The third-order valence-electron chi connectivity index (χ3n) is 13.5. The highest BCUT2D eigenvalue weighted by atomic mass is 14.9. The second kappa shape index (κ2) is 15.6. The van der Waals surface area contributed by atoms with Crippen LogP contribution in [-0.4, -0.2) is 9.97 Å². The molecule has 1 aliphatic carbocycles. The van der Waals surface area contributed by atoms with Gasteiger partial charge in [0.15, 0.2) is 5.82 Å². The van der Waals surface area contributed by atoms with Gasteiger partial charge in [-0.1, -0.05) is 220 Å². The summed E-state index contributed by atoms with van der Waals surface area (Å²) in [6, 6.07) is 83.5. The molecule has 11 aromatic rings. The molecule has 0 radical (unpaired) electrons. The first-order valence-electron chi connectivity index (χ1n) is 22.5. The van der Waals surface area contributed by atoms with E-state index in [1.54, 1.807) is 0 Å². The lowest BCUT2D eigenvalue weighted by Gasteiger charge is -2.22. The van der Waals surface area contributed by atoms with Gasteiger partial charge in [-0.25, -0.2) is 9.97 Å². The van der Waals surface area contributed by atoms with Gasteiger partial charge in [0.05, 0.1) is 11.4 Å². The summed E-state index contributed by atoms with van der Waals surface area (Å²) in [7, 11) is 0. The first-order chi connectivity index (χ1) is 32.0. The van der Waals surface area contributed by atoms with Gasteiger partial charge in [-0.2, -0.15) is 0 Å². The van der Waals surface area contributed by atoms with Gasteiger partial charge >= 0.3 is 0 Å². The van der Waals surface area contributed by atoms with E-state index in [4.69, 9.17) is 9.97 Å². The minimum atomic E-state index is -0.102. The van der Waals surface area contributed by atoms with Crippen molar-refractivity contribution in [3.05, 3.63) is 242 Å². The summed E-state index contributed by atoms with van der Waals surface area (Å²) >= 11 is 0. The van der Waals surface area contributed by atoms with Gasteiger partial charge in [-0.3, -0.25) is 0 Å². The Morgan fingerprint density at radius 2 is 0.754 bits per heavy atom. The van der Waals surface area contributed by atoms with E-state index >= 15 is 0 Å². The largest absolute Gasteiger partial charge is 0.228 e. The number of nitrogens with zero attached hydrogens (tertiary/aromatic N) is 2. The van der Waals surface area contributed by atoms with E-state index in [-0.39, 0.29) is 5.41 Å². The molecule has 0 unspecified atom stereocenters. The lowest BCUT2D eigenvalue weighted by atomic mass is 9.81. The molecule has 0 aliphatic heterocycles. The average Bonchev–Trinajstić information content (AvgIpc) is 3.61. The summed E-state index contributed by atoms with van der Waals surface area (Å²) in [5.41, 5.74) is 19.7. The molecule has 306 valence electrons. The Hall–Kier alpha value is -8.20. The van der Waals surface area contributed by atoms with E-state index in [9.17, 15) is 0 Å². The quantitative estimate of drug-likeness (QED) is 0.160. The Morgan fingerprint density at radius 1 is 0.292 bits per heavy atom. The fourth-order valence-electron chi connectivity index (χ4n) is 10.4. The first kappa shape index (κ1) is 38.5. The third kappa shape index (κ3) is 6.57. The van der Waals surface area contributed by atoms with Crippen LogP contribution in [0.15, 0.2) is 231 Å². The molecule has 0 N–H and O–H groups in total. The molecule has 0 bridgehead atoms. The molecule has 2 nitrogen and oxygen atoms in total. The van der Waals surface area contributed by atoms with Gasteiger partial charge in [0.1, 0.15) is 0 Å². The molecular formula is C63H44N2. The normalized spacial score (nSPS) is 12.6.